The molecule has 0 atom stereocenters. The van der Waals surface area contributed by atoms with Crippen LogP contribution >= 0.6 is 15.9 Å². The molecule has 0 bridgehead atoms. The van der Waals surface area contributed by atoms with Gasteiger partial charge in [0.25, 0.3) is 5.56 Å². The molecule has 0 aliphatic carbocycles. The van der Waals surface area contributed by atoms with Gasteiger partial charge in [-0.1, -0.05) is 36.4 Å². The third kappa shape index (κ3) is 3.74. The first-order chi connectivity index (χ1) is 13.4. The maximum Gasteiger partial charge on any atom is 0.332 e. The van der Waals surface area contributed by atoms with E-state index in [2.05, 4.69) is 38.0 Å². The van der Waals surface area contributed by atoms with E-state index in [0.29, 0.717) is 18.0 Å². The van der Waals surface area contributed by atoms with Crippen LogP contribution in [0.15, 0.2) is 62.2 Å². The van der Waals surface area contributed by atoms with Gasteiger partial charge in [-0.25, -0.2) is 10.2 Å². The maximum absolute atomic E-state index is 12.6. The van der Waals surface area contributed by atoms with Crippen molar-refractivity contribution in [3.05, 3.63) is 73.9 Å². The molecular formula is C19H19BrN6O2. The summed E-state index contributed by atoms with van der Waals surface area (Å²) >= 11 is 3.44. The van der Waals surface area contributed by atoms with Crippen LogP contribution in [-0.2, 0) is 20.6 Å². The Bertz CT molecular complexity index is 1200. The molecular weight excluding hydrogens is 424 g/mol. The average molecular weight is 443 g/mol. The van der Waals surface area contributed by atoms with Crippen LogP contribution in [0.5, 0.6) is 0 Å². The van der Waals surface area contributed by atoms with Crippen molar-refractivity contribution in [1.82, 2.24) is 18.7 Å². The second kappa shape index (κ2) is 8.22. The molecule has 9 heteroatoms. The van der Waals surface area contributed by atoms with Gasteiger partial charge in [0.1, 0.15) is 0 Å². The van der Waals surface area contributed by atoms with Crippen LogP contribution in [0.1, 0.15) is 5.56 Å². The van der Waals surface area contributed by atoms with Gasteiger partial charge >= 0.3 is 5.69 Å². The SMILES string of the molecule is C=CCn1c(NN=CC(Br)=Cc2ccccc2)nc2c1c(=O)n(C)c(=O)n2C. The van der Waals surface area contributed by atoms with E-state index in [1.807, 2.05) is 36.4 Å². The number of allylic oxidation sites excluding steroid dienone is 2. The molecule has 8 nitrogen and oxygen atoms in total. The van der Waals surface area contributed by atoms with Gasteiger partial charge in [0.05, 0.1) is 6.21 Å². The number of rotatable bonds is 6. The zero-order chi connectivity index (χ0) is 20.3. The number of anilines is 1. The van der Waals surface area contributed by atoms with Crippen LogP contribution in [0.25, 0.3) is 17.2 Å². The van der Waals surface area contributed by atoms with E-state index in [9.17, 15) is 9.59 Å². The molecule has 3 rings (SSSR count). The van der Waals surface area contributed by atoms with Crippen molar-refractivity contribution < 1.29 is 0 Å². The highest BCUT2D eigenvalue weighted by Gasteiger charge is 2.18. The fraction of sp³-hybridized carbons (Fsp3) is 0.158. The molecule has 0 amide bonds. The number of hydrogen-bond donors (Lipinski definition) is 1. The summed E-state index contributed by atoms with van der Waals surface area (Å²) in [4.78, 5) is 29.1. The molecule has 0 aliphatic rings. The lowest BCUT2D eigenvalue weighted by molar-refractivity contribution is 0.703. The Morgan fingerprint density at radius 1 is 1.25 bits per heavy atom. The van der Waals surface area contributed by atoms with Gasteiger partial charge in [-0.05, 0) is 27.6 Å². The van der Waals surface area contributed by atoms with Crippen LogP contribution in [0.2, 0.25) is 0 Å². The molecule has 0 saturated carbocycles. The van der Waals surface area contributed by atoms with Gasteiger partial charge in [0.2, 0.25) is 5.95 Å². The number of imidazole rings is 1. The van der Waals surface area contributed by atoms with Crippen molar-refractivity contribution in [2.24, 2.45) is 19.2 Å². The molecule has 1 aromatic carbocycles. The molecule has 0 fully saturated rings. The number of nitrogens with one attached hydrogen (secondary N) is 1. The Labute approximate surface area is 169 Å². The van der Waals surface area contributed by atoms with E-state index < -0.39 is 11.2 Å². The number of aryl methyl sites for hydroxylation is 1. The molecule has 144 valence electrons. The first-order valence-corrected chi connectivity index (χ1v) is 9.21. The summed E-state index contributed by atoms with van der Waals surface area (Å²) in [5.41, 5.74) is 3.59. The van der Waals surface area contributed by atoms with Gasteiger partial charge in [-0.3, -0.25) is 18.5 Å². The number of nitrogens with zero attached hydrogens (tertiary/aromatic N) is 5. The van der Waals surface area contributed by atoms with E-state index in [1.165, 1.54) is 11.6 Å². The van der Waals surface area contributed by atoms with Crippen molar-refractivity contribution in [1.29, 1.82) is 0 Å². The van der Waals surface area contributed by atoms with Crippen molar-refractivity contribution in [3.63, 3.8) is 0 Å². The zero-order valence-electron chi connectivity index (χ0n) is 15.5. The van der Waals surface area contributed by atoms with E-state index >= 15 is 0 Å². The predicted molar refractivity (Wildman–Crippen MR) is 116 cm³/mol. The molecule has 0 unspecified atom stereocenters. The monoisotopic (exact) mass is 442 g/mol. The minimum Gasteiger partial charge on any atom is -0.299 e. The number of fused-ring (bicyclic) bond motifs is 1. The Morgan fingerprint density at radius 3 is 2.64 bits per heavy atom. The molecule has 2 aromatic heterocycles. The number of hydrogen-bond acceptors (Lipinski definition) is 5. The molecule has 0 saturated heterocycles. The van der Waals surface area contributed by atoms with Crippen LogP contribution in [-0.4, -0.2) is 24.9 Å². The van der Waals surface area contributed by atoms with Crippen molar-refractivity contribution >= 4 is 45.3 Å². The quantitative estimate of drug-likeness (QED) is 0.360. The number of aromatic nitrogens is 4. The van der Waals surface area contributed by atoms with Gasteiger partial charge < -0.3 is 0 Å². The maximum atomic E-state index is 12.6. The Hall–Kier alpha value is -3.20. The van der Waals surface area contributed by atoms with Gasteiger partial charge in [0, 0.05) is 25.1 Å². The standard InChI is InChI=1S/C19H19BrN6O2/c1-4-10-26-15-16(24(2)19(28)25(3)17(15)27)22-18(26)23-21-12-14(20)11-13-8-6-5-7-9-13/h4-9,11-12H,1,10H2,2-3H3,(H,22,23). The van der Waals surface area contributed by atoms with Gasteiger partial charge in [0.15, 0.2) is 11.2 Å². The number of benzene rings is 1. The molecule has 28 heavy (non-hydrogen) atoms. The molecule has 0 radical (unpaired) electrons. The fourth-order valence-electron chi connectivity index (χ4n) is 2.74. The van der Waals surface area contributed by atoms with Gasteiger partial charge in [-0.2, -0.15) is 10.1 Å². The topological polar surface area (TPSA) is 86.2 Å². The molecule has 1 N–H and O–H groups in total. The summed E-state index contributed by atoms with van der Waals surface area (Å²) in [6.07, 6.45) is 5.14. The normalized spacial score (nSPS) is 12.0. The number of halogens is 1. The first kappa shape index (κ1) is 19.6. The van der Waals surface area contributed by atoms with Gasteiger partial charge in [-0.15, -0.1) is 6.58 Å². The molecule has 2 heterocycles. The minimum atomic E-state index is -0.440. The summed E-state index contributed by atoms with van der Waals surface area (Å²) < 4.78 is 4.77. The predicted octanol–water partition coefficient (Wildman–Crippen LogP) is 2.45. The lowest BCUT2D eigenvalue weighted by Gasteiger charge is -2.06. The fourth-order valence-corrected chi connectivity index (χ4v) is 3.10. The smallest absolute Gasteiger partial charge is 0.299 e. The minimum absolute atomic E-state index is 0.284. The number of hydrazone groups is 1. The summed E-state index contributed by atoms with van der Waals surface area (Å²) in [5.74, 6) is 0.337. The van der Waals surface area contributed by atoms with Crippen molar-refractivity contribution in [3.8, 4) is 0 Å². The molecule has 3 aromatic rings. The molecule has 0 spiro atoms. The average Bonchev–Trinajstić information content (AvgIpc) is 3.04. The largest absolute Gasteiger partial charge is 0.332 e. The first-order valence-electron chi connectivity index (χ1n) is 8.42. The van der Waals surface area contributed by atoms with Crippen molar-refractivity contribution in [2.45, 2.75) is 6.54 Å². The lowest BCUT2D eigenvalue weighted by Crippen LogP contribution is -2.37. The summed E-state index contributed by atoms with van der Waals surface area (Å²) in [6, 6.07) is 9.79. The highest BCUT2D eigenvalue weighted by Crippen LogP contribution is 2.16. The van der Waals surface area contributed by atoms with Crippen LogP contribution in [0.3, 0.4) is 0 Å². The summed E-state index contributed by atoms with van der Waals surface area (Å²) in [6.45, 7) is 4.06. The Kier molecular flexibility index (Phi) is 5.74. The Balaban J connectivity index is 1.98. The third-order valence-electron chi connectivity index (χ3n) is 4.12. The highest BCUT2D eigenvalue weighted by atomic mass is 79.9. The second-order valence-corrected chi connectivity index (χ2v) is 6.94. The van der Waals surface area contributed by atoms with Crippen LogP contribution < -0.4 is 16.7 Å². The Morgan fingerprint density at radius 2 is 1.96 bits per heavy atom. The van der Waals surface area contributed by atoms with Crippen molar-refractivity contribution in [2.75, 3.05) is 5.43 Å². The van der Waals surface area contributed by atoms with E-state index in [-0.39, 0.29) is 5.65 Å². The third-order valence-corrected chi connectivity index (χ3v) is 4.55. The highest BCUT2D eigenvalue weighted by molar-refractivity contribution is 9.12. The van der Waals surface area contributed by atoms with Crippen LogP contribution in [0, 0.1) is 0 Å². The van der Waals surface area contributed by atoms with Crippen LogP contribution in [0.4, 0.5) is 5.95 Å². The van der Waals surface area contributed by atoms with E-state index in [1.54, 1.807) is 23.9 Å². The lowest BCUT2D eigenvalue weighted by atomic mass is 10.2. The summed E-state index contributed by atoms with van der Waals surface area (Å²) in [5, 5.41) is 4.18. The summed E-state index contributed by atoms with van der Waals surface area (Å²) in [7, 11) is 3.01. The zero-order valence-corrected chi connectivity index (χ0v) is 17.0. The molecule has 0 aliphatic heterocycles. The second-order valence-electron chi connectivity index (χ2n) is 6.02. The van der Waals surface area contributed by atoms with E-state index in [0.717, 1.165) is 14.6 Å². The van der Waals surface area contributed by atoms with E-state index in [4.69, 9.17) is 0 Å².